The maximum absolute atomic E-state index is 12.3. The number of amides is 2. The second-order valence-corrected chi connectivity index (χ2v) is 5.54. The van der Waals surface area contributed by atoms with Gasteiger partial charge in [-0.1, -0.05) is 29.8 Å². The molecule has 118 valence electrons. The number of rotatable bonds is 5. The second-order valence-electron chi connectivity index (χ2n) is 5.16. The molecule has 2 amide bonds. The van der Waals surface area contributed by atoms with E-state index in [0.29, 0.717) is 23.6 Å². The summed E-state index contributed by atoms with van der Waals surface area (Å²) in [6.45, 7) is 3.93. The molecular formula is C16H19ClN2O3. The Balaban J connectivity index is 2.28. The molecule has 1 aliphatic rings. The number of urea groups is 1. The van der Waals surface area contributed by atoms with Gasteiger partial charge in [0.1, 0.15) is 0 Å². The molecule has 1 atom stereocenters. The van der Waals surface area contributed by atoms with Crippen molar-refractivity contribution < 1.29 is 14.3 Å². The van der Waals surface area contributed by atoms with E-state index in [1.165, 1.54) is 0 Å². The molecule has 0 aliphatic carbocycles. The largest absolute Gasteiger partial charge is 0.462 e. The van der Waals surface area contributed by atoms with E-state index in [2.05, 4.69) is 10.6 Å². The summed E-state index contributed by atoms with van der Waals surface area (Å²) in [7, 11) is 0. The van der Waals surface area contributed by atoms with Gasteiger partial charge in [-0.15, -0.1) is 11.6 Å². The highest BCUT2D eigenvalue weighted by Crippen LogP contribution is 2.27. The maximum Gasteiger partial charge on any atom is 0.338 e. The van der Waals surface area contributed by atoms with Gasteiger partial charge in [0.05, 0.1) is 18.2 Å². The molecule has 1 aliphatic heterocycles. The standard InChI is InChI=1S/C16H19ClN2O3/c1-10-4-6-12(7-5-10)14-13(11(2)18-16(21)19-14)15(20)22-9-3-8-17/h4-7,14H,3,8-9H2,1-2H3,(H2,18,19,21)/t14-/m1/s1. The van der Waals surface area contributed by atoms with Gasteiger partial charge in [0.2, 0.25) is 0 Å². The van der Waals surface area contributed by atoms with Crippen LogP contribution in [0.2, 0.25) is 0 Å². The first-order chi connectivity index (χ1) is 10.5. The van der Waals surface area contributed by atoms with Crippen LogP contribution >= 0.6 is 11.6 Å². The van der Waals surface area contributed by atoms with E-state index in [0.717, 1.165) is 11.1 Å². The van der Waals surface area contributed by atoms with Crippen molar-refractivity contribution >= 4 is 23.6 Å². The van der Waals surface area contributed by atoms with Crippen LogP contribution in [0.3, 0.4) is 0 Å². The number of benzene rings is 1. The first kappa shape index (κ1) is 16.4. The normalized spacial score (nSPS) is 17.8. The van der Waals surface area contributed by atoms with Gasteiger partial charge in [0.15, 0.2) is 0 Å². The van der Waals surface area contributed by atoms with Crippen LogP contribution in [0.4, 0.5) is 4.79 Å². The molecule has 0 bridgehead atoms. The molecule has 0 radical (unpaired) electrons. The van der Waals surface area contributed by atoms with Crippen LogP contribution in [-0.2, 0) is 9.53 Å². The zero-order valence-corrected chi connectivity index (χ0v) is 13.4. The molecule has 22 heavy (non-hydrogen) atoms. The van der Waals surface area contributed by atoms with Gasteiger partial charge in [-0.3, -0.25) is 0 Å². The minimum Gasteiger partial charge on any atom is -0.462 e. The average molecular weight is 323 g/mol. The number of ether oxygens (including phenoxy) is 1. The fraction of sp³-hybridized carbons (Fsp3) is 0.375. The van der Waals surface area contributed by atoms with E-state index in [4.69, 9.17) is 16.3 Å². The molecule has 0 aromatic heterocycles. The molecule has 2 N–H and O–H groups in total. The third-order valence-electron chi connectivity index (χ3n) is 3.41. The third-order valence-corrected chi connectivity index (χ3v) is 3.68. The molecule has 6 heteroatoms. The Hall–Kier alpha value is -2.01. The van der Waals surface area contributed by atoms with Gasteiger partial charge >= 0.3 is 12.0 Å². The van der Waals surface area contributed by atoms with E-state index in [9.17, 15) is 9.59 Å². The van der Waals surface area contributed by atoms with Gasteiger partial charge in [0, 0.05) is 11.6 Å². The molecule has 0 saturated heterocycles. The molecule has 0 saturated carbocycles. The lowest BCUT2D eigenvalue weighted by Gasteiger charge is -2.28. The van der Waals surface area contributed by atoms with Gasteiger partial charge in [-0.05, 0) is 25.8 Å². The molecular weight excluding hydrogens is 304 g/mol. The molecule has 1 aromatic rings. The third kappa shape index (κ3) is 3.80. The zero-order valence-electron chi connectivity index (χ0n) is 12.6. The summed E-state index contributed by atoms with van der Waals surface area (Å²) in [5.74, 6) is -0.0116. The summed E-state index contributed by atoms with van der Waals surface area (Å²) >= 11 is 5.59. The fourth-order valence-corrected chi connectivity index (χ4v) is 2.38. The molecule has 5 nitrogen and oxygen atoms in total. The number of carbonyl (C=O) groups excluding carboxylic acids is 2. The lowest BCUT2D eigenvalue weighted by atomic mass is 9.95. The van der Waals surface area contributed by atoms with E-state index >= 15 is 0 Å². The van der Waals surface area contributed by atoms with Crippen LogP contribution in [-0.4, -0.2) is 24.5 Å². The van der Waals surface area contributed by atoms with Crippen molar-refractivity contribution in [2.45, 2.75) is 26.3 Å². The van der Waals surface area contributed by atoms with E-state index < -0.39 is 12.0 Å². The molecule has 1 aromatic carbocycles. The second kappa shape index (κ2) is 7.31. The first-order valence-corrected chi connectivity index (χ1v) is 7.64. The Labute approximate surface area is 134 Å². The van der Waals surface area contributed by atoms with E-state index in [1.807, 2.05) is 31.2 Å². The molecule has 0 fully saturated rings. The lowest BCUT2D eigenvalue weighted by molar-refractivity contribution is -0.139. The Kier molecular flexibility index (Phi) is 5.44. The summed E-state index contributed by atoms with van der Waals surface area (Å²) in [6, 6.07) is 6.82. The highest BCUT2D eigenvalue weighted by Gasteiger charge is 2.32. The summed E-state index contributed by atoms with van der Waals surface area (Å²) < 4.78 is 5.23. The highest BCUT2D eigenvalue weighted by atomic mass is 35.5. The van der Waals surface area contributed by atoms with Crippen LogP contribution < -0.4 is 10.6 Å². The Morgan fingerprint density at radius 1 is 1.27 bits per heavy atom. The first-order valence-electron chi connectivity index (χ1n) is 7.11. The number of nitrogens with one attached hydrogen (secondary N) is 2. The van der Waals surface area contributed by atoms with Crippen LogP contribution in [0, 0.1) is 6.92 Å². The van der Waals surface area contributed by atoms with Crippen molar-refractivity contribution in [2.24, 2.45) is 0 Å². The van der Waals surface area contributed by atoms with Crippen LogP contribution in [0.5, 0.6) is 0 Å². The SMILES string of the molecule is CC1=C(C(=O)OCCCCl)[C@@H](c2ccc(C)cc2)NC(=O)N1. The minimum atomic E-state index is -0.516. The monoisotopic (exact) mass is 322 g/mol. The Bertz CT molecular complexity index is 596. The number of allylic oxidation sites excluding steroid dienone is 1. The smallest absolute Gasteiger partial charge is 0.338 e. The van der Waals surface area contributed by atoms with Gasteiger partial charge < -0.3 is 15.4 Å². The van der Waals surface area contributed by atoms with Gasteiger partial charge in [-0.25, -0.2) is 9.59 Å². The quantitative estimate of drug-likeness (QED) is 0.497. The number of aryl methyl sites for hydroxylation is 1. The topological polar surface area (TPSA) is 67.4 Å². The van der Waals surface area contributed by atoms with Crippen LogP contribution in [0.25, 0.3) is 0 Å². The van der Waals surface area contributed by atoms with E-state index in [-0.39, 0.29) is 12.6 Å². The summed E-state index contributed by atoms with van der Waals surface area (Å²) in [5, 5.41) is 5.38. The highest BCUT2D eigenvalue weighted by molar-refractivity contribution is 6.17. The number of carbonyl (C=O) groups is 2. The number of halogens is 1. The number of esters is 1. The summed E-state index contributed by atoms with van der Waals surface area (Å²) in [5.41, 5.74) is 2.86. The Morgan fingerprint density at radius 2 is 1.95 bits per heavy atom. The predicted molar refractivity (Wildman–Crippen MR) is 84.6 cm³/mol. The van der Waals surface area contributed by atoms with Crippen molar-refractivity contribution in [2.75, 3.05) is 12.5 Å². The number of hydrogen-bond acceptors (Lipinski definition) is 3. The van der Waals surface area contributed by atoms with Crippen LogP contribution in [0.1, 0.15) is 30.5 Å². The Morgan fingerprint density at radius 3 is 2.59 bits per heavy atom. The van der Waals surface area contributed by atoms with Gasteiger partial charge in [-0.2, -0.15) is 0 Å². The minimum absolute atomic E-state index is 0.258. The predicted octanol–water partition coefficient (Wildman–Crippen LogP) is 2.80. The van der Waals surface area contributed by atoms with Crippen molar-refractivity contribution in [1.29, 1.82) is 0 Å². The number of alkyl halides is 1. The van der Waals surface area contributed by atoms with Crippen LogP contribution in [0.15, 0.2) is 35.5 Å². The van der Waals surface area contributed by atoms with Crippen molar-refractivity contribution in [3.05, 3.63) is 46.7 Å². The molecule has 0 unspecified atom stereocenters. The summed E-state index contributed by atoms with van der Waals surface area (Å²) in [6.07, 6.45) is 0.592. The number of hydrogen-bond donors (Lipinski definition) is 2. The zero-order chi connectivity index (χ0) is 16.1. The lowest BCUT2D eigenvalue weighted by Crippen LogP contribution is -2.45. The van der Waals surface area contributed by atoms with Gasteiger partial charge in [0.25, 0.3) is 0 Å². The molecule has 2 rings (SSSR count). The van der Waals surface area contributed by atoms with Crippen molar-refractivity contribution in [1.82, 2.24) is 10.6 Å². The summed E-state index contributed by atoms with van der Waals surface area (Å²) in [4.78, 5) is 24.1. The average Bonchev–Trinajstić information content (AvgIpc) is 2.47. The fourth-order valence-electron chi connectivity index (χ4n) is 2.27. The molecule has 1 heterocycles. The van der Waals surface area contributed by atoms with Crippen molar-refractivity contribution in [3.63, 3.8) is 0 Å². The molecule has 0 spiro atoms. The maximum atomic E-state index is 12.3. The van der Waals surface area contributed by atoms with Crippen molar-refractivity contribution in [3.8, 4) is 0 Å². The van der Waals surface area contributed by atoms with E-state index in [1.54, 1.807) is 6.92 Å².